The number of morpholine rings is 1. The number of rotatable bonds is 5. The fraction of sp³-hybridized carbons (Fsp3) is 0.833. The first-order valence-electron chi connectivity index (χ1n) is 6.79. The number of aromatic nitrogens is 2. The maximum absolute atomic E-state index is 5.79. The van der Waals surface area contributed by atoms with E-state index in [0.29, 0.717) is 6.04 Å². The molecule has 0 radical (unpaired) electrons. The molecule has 1 aromatic rings. The van der Waals surface area contributed by atoms with Crippen molar-refractivity contribution in [2.24, 2.45) is 0 Å². The Balaban J connectivity index is 1.60. The summed E-state index contributed by atoms with van der Waals surface area (Å²) in [6, 6.07) is 0.634. The smallest absolute Gasteiger partial charge is 0.202 e. The Morgan fingerprint density at radius 2 is 2.39 bits per heavy atom. The van der Waals surface area contributed by atoms with Crippen molar-refractivity contribution in [1.29, 1.82) is 0 Å². The lowest BCUT2D eigenvalue weighted by atomic mass is 10.2. The van der Waals surface area contributed by atoms with Crippen LogP contribution in [0.3, 0.4) is 0 Å². The minimum absolute atomic E-state index is 0.0521. The van der Waals surface area contributed by atoms with Gasteiger partial charge in [0.25, 0.3) is 0 Å². The van der Waals surface area contributed by atoms with Crippen molar-refractivity contribution in [3.8, 4) is 0 Å². The van der Waals surface area contributed by atoms with Crippen molar-refractivity contribution in [3.63, 3.8) is 0 Å². The monoisotopic (exact) mass is 268 g/mol. The number of hydrogen-bond donors (Lipinski definition) is 1. The van der Waals surface area contributed by atoms with Crippen molar-refractivity contribution < 1.29 is 4.74 Å². The maximum Gasteiger partial charge on any atom is 0.202 e. The van der Waals surface area contributed by atoms with Gasteiger partial charge in [-0.3, -0.25) is 4.90 Å². The fourth-order valence-electron chi connectivity index (χ4n) is 2.20. The van der Waals surface area contributed by atoms with E-state index in [1.54, 1.807) is 0 Å². The Labute approximate surface area is 112 Å². The topological polar surface area (TPSA) is 50.3 Å². The van der Waals surface area contributed by atoms with E-state index in [-0.39, 0.29) is 6.10 Å². The SMILES string of the molecule is CCCN1CCOC(c2nsc(NC3CC3)n2)C1. The van der Waals surface area contributed by atoms with E-state index >= 15 is 0 Å². The molecule has 2 aliphatic rings. The highest BCUT2D eigenvalue weighted by Gasteiger charge is 2.26. The molecule has 1 aliphatic carbocycles. The van der Waals surface area contributed by atoms with Crippen LogP contribution >= 0.6 is 11.5 Å². The number of anilines is 1. The van der Waals surface area contributed by atoms with Crippen LogP contribution in [0.4, 0.5) is 5.13 Å². The van der Waals surface area contributed by atoms with Gasteiger partial charge in [0.2, 0.25) is 5.13 Å². The van der Waals surface area contributed by atoms with Crippen molar-refractivity contribution in [3.05, 3.63) is 5.82 Å². The first-order valence-corrected chi connectivity index (χ1v) is 7.56. The molecule has 0 amide bonds. The van der Waals surface area contributed by atoms with Gasteiger partial charge < -0.3 is 10.1 Å². The molecule has 100 valence electrons. The molecule has 1 N–H and O–H groups in total. The van der Waals surface area contributed by atoms with Crippen molar-refractivity contribution >= 4 is 16.7 Å². The summed E-state index contributed by atoms with van der Waals surface area (Å²) in [5.74, 6) is 0.851. The molecule has 0 spiro atoms. The van der Waals surface area contributed by atoms with Gasteiger partial charge in [0, 0.05) is 30.7 Å². The lowest BCUT2D eigenvalue weighted by molar-refractivity contribution is -0.0336. The molecule has 1 saturated carbocycles. The Hall–Kier alpha value is -0.720. The van der Waals surface area contributed by atoms with Crippen LogP contribution in [-0.2, 0) is 4.74 Å². The Morgan fingerprint density at radius 3 is 3.17 bits per heavy atom. The standard InChI is InChI=1S/C12H20N4OS/c1-2-5-16-6-7-17-10(8-16)11-14-12(18-15-11)13-9-3-4-9/h9-10H,2-8H2,1H3,(H,13,14,15). The van der Waals surface area contributed by atoms with Gasteiger partial charge in [-0.1, -0.05) is 6.92 Å². The van der Waals surface area contributed by atoms with Crippen LogP contribution in [0, 0.1) is 0 Å². The van der Waals surface area contributed by atoms with E-state index in [2.05, 4.69) is 26.5 Å². The normalized spacial score (nSPS) is 25.3. The summed E-state index contributed by atoms with van der Waals surface area (Å²) in [6.07, 6.45) is 3.76. The van der Waals surface area contributed by atoms with E-state index < -0.39 is 0 Å². The van der Waals surface area contributed by atoms with E-state index in [4.69, 9.17) is 4.74 Å². The third kappa shape index (κ3) is 2.99. The first kappa shape index (κ1) is 12.3. The van der Waals surface area contributed by atoms with Gasteiger partial charge in [0.1, 0.15) is 6.10 Å². The number of nitrogens with one attached hydrogen (secondary N) is 1. The molecule has 0 aromatic carbocycles. The van der Waals surface area contributed by atoms with Crippen molar-refractivity contribution in [1.82, 2.24) is 14.3 Å². The van der Waals surface area contributed by atoms with Crippen LogP contribution in [0.15, 0.2) is 0 Å². The molecule has 1 saturated heterocycles. The second kappa shape index (κ2) is 5.50. The molecule has 5 nitrogen and oxygen atoms in total. The van der Waals surface area contributed by atoms with Crippen LogP contribution in [-0.4, -0.2) is 46.5 Å². The summed E-state index contributed by atoms with van der Waals surface area (Å²) in [5.41, 5.74) is 0. The van der Waals surface area contributed by atoms with Gasteiger partial charge in [-0.05, 0) is 25.8 Å². The fourth-order valence-corrected chi connectivity index (χ4v) is 2.90. The largest absolute Gasteiger partial charge is 0.367 e. The number of hydrogen-bond acceptors (Lipinski definition) is 6. The first-order chi connectivity index (χ1) is 8.85. The van der Waals surface area contributed by atoms with E-state index in [1.807, 2.05) is 0 Å². The quantitative estimate of drug-likeness (QED) is 0.884. The summed E-state index contributed by atoms with van der Waals surface area (Å²) in [4.78, 5) is 6.99. The highest BCUT2D eigenvalue weighted by molar-refractivity contribution is 7.09. The molecule has 18 heavy (non-hydrogen) atoms. The van der Waals surface area contributed by atoms with Crippen LogP contribution in [0.5, 0.6) is 0 Å². The van der Waals surface area contributed by atoms with Crippen molar-refractivity contribution in [2.45, 2.75) is 38.3 Å². The molecule has 1 aliphatic heterocycles. The third-order valence-electron chi connectivity index (χ3n) is 3.33. The molecule has 6 heteroatoms. The van der Waals surface area contributed by atoms with E-state index in [1.165, 1.54) is 30.8 Å². The van der Waals surface area contributed by atoms with E-state index in [9.17, 15) is 0 Å². The molecule has 2 fully saturated rings. The zero-order valence-corrected chi connectivity index (χ0v) is 11.6. The zero-order chi connectivity index (χ0) is 12.4. The summed E-state index contributed by atoms with van der Waals surface area (Å²) >= 11 is 1.46. The minimum Gasteiger partial charge on any atom is -0.367 e. The van der Waals surface area contributed by atoms with Crippen LogP contribution in [0.2, 0.25) is 0 Å². The molecule has 0 bridgehead atoms. The van der Waals surface area contributed by atoms with Crippen LogP contribution in [0.25, 0.3) is 0 Å². The van der Waals surface area contributed by atoms with Crippen LogP contribution < -0.4 is 5.32 Å². The predicted octanol–water partition coefficient (Wildman–Crippen LogP) is 1.90. The molecule has 2 heterocycles. The van der Waals surface area contributed by atoms with Gasteiger partial charge in [0.05, 0.1) is 6.61 Å². The highest BCUT2D eigenvalue weighted by Crippen LogP contribution is 2.28. The van der Waals surface area contributed by atoms with Crippen LogP contribution in [0.1, 0.15) is 38.1 Å². The molecular formula is C12H20N4OS. The van der Waals surface area contributed by atoms with Crippen molar-refractivity contribution in [2.75, 3.05) is 31.6 Å². The molecule has 3 rings (SSSR count). The van der Waals surface area contributed by atoms with Gasteiger partial charge in [0.15, 0.2) is 5.82 Å². The number of nitrogens with zero attached hydrogens (tertiary/aromatic N) is 3. The maximum atomic E-state index is 5.79. The third-order valence-corrected chi connectivity index (χ3v) is 3.99. The summed E-state index contributed by atoms with van der Waals surface area (Å²) in [7, 11) is 0. The Morgan fingerprint density at radius 1 is 1.50 bits per heavy atom. The van der Waals surface area contributed by atoms with Gasteiger partial charge in [-0.15, -0.1) is 0 Å². The number of ether oxygens (including phenoxy) is 1. The summed E-state index contributed by atoms with van der Waals surface area (Å²) in [6.45, 7) is 6.09. The second-order valence-corrected chi connectivity index (χ2v) is 5.79. The highest BCUT2D eigenvalue weighted by atomic mass is 32.1. The predicted molar refractivity (Wildman–Crippen MR) is 72.0 cm³/mol. The molecule has 1 unspecified atom stereocenters. The summed E-state index contributed by atoms with van der Waals surface area (Å²) in [5, 5.41) is 4.34. The Kier molecular flexibility index (Phi) is 3.77. The second-order valence-electron chi connectivity index (χ2n) is 5.04. The molecule has 1 aromatic heterocycles. The van der Waals surface area contributed by atoms with Gasteiger partial charge in [-0.2, -0.15) is 4.37 Å². The lowest BCUT2D eigenvalue weighted by Gasteiger charge is -2.31. The molecule has 1 atom stereocenters. The van der Waals surface area contributed by atoms with Gasteiger partial charge in [-0.25, -0.2) is 4.98 Å². The lowest BCUT2D eigenvalue weighted by Crippen LogP contribution is -2.39. The zero-order valence-electron chi connectivity index (χ0n) is 10.8. The Bertz CT molecular complexity index is 391. The minimum atomic E-state index is 0.0521. The molecular weight excluding hydrogens is 248 g/mol. The van der Waals surface area contributed by atoms with Gasteiger partial charge >= 0.3 is 0 Å². The average Bonchev–Trinajstić information content (AvgIpc) is 3.06. The average molecular weight is 268 g/mol. The van der Waals surface area contributed by atoms with E-state index in [0.717, 1.165) is 37.2 Å². The summed E-state index contributed by atoms with van der Waals surface area (Å²) < 4.78 is 10.2.